The van der Waals surface area contributed by atoms with Crippen molar-refractivity contribution in [1.29, 1.82) is 0 Å². The molecule has 0 aliphatic rings. The normalized spacial score (nSPS) is 12.9. The molecule has 0 amide bonds. The summed E-state index contributed by atoms with van der Waals surface area (Å²) < 4.78 is 10.2. The highest BCUT2D eigenvalue weighted by atomic mass is 16.5. The van der Waals surface area contributed by atoms with E-state index in [1.807, 2.05) is 24.4 Å². The molecule has 0 spiro atoms. The van der Waals surface area contributed by atoms with E-state index in [0.717, 1.165) is 11.1 Å². The second-order valence-corrected chi connectivity index (χ2v) is 4.96. The zero-order valence-electron chi connectivity index (χ0n) is 11.9. The molecule has 3 rings (SSSR count). The molecule has 0 bridgehead atoms. The number of fused-ring (bicyclic) bond motifs is 1. The largest absolute Gasteiger partial charge is 0.384 e. The van der Waals surface area contributed by atoms with Gasteiger partial charge >= 0.3 is 0 Å². The molecule has 6 heteroatoms. The summed E-state index contributed by atoms with van der Waals surface area (Å²) >= 11 is 0. The number of ether oxygens (including phenoxy) is 1. The van der Waals surface area contributed by atoms with Crippen molar-refractivity contribution in [3.8, 4) is 0 Å². The number of methoxy groups -OCH3 is 1. The summed E-state index contributed by atoms with van der Waals surface area (Å²) in [6, 6.07) is 7.82. The molecule has 3 N–H and O–H groups in total. The smallest absolute Gasteiger partial charge is 0.243 e. The first kappa shape index (κ1) is 13.8. The Kier molecular flexibility index (Phi) is 3.98. The summed E-state index contributed by atoms with van der Waals surface area (Å²) in [7, 11) is 1.64. The van der Waals surface area contributed by atoms with Gasteiger partial charge in [-0.1, -0.05) is 23.4 Å². The van der Waals surface area contributed by atoms with Crippen LogP contribution in [0.25, 0.3) is 10.9 Å². The van der Waals surface area contributed by atoms with E-state index in [2.05, 4.69) is 21.2 Å². The van der Waals surface area contributed by atoms with Crippen LogP contribution in [0.3, 0.4) is 0 Å². The van der Waals surface area contributed by atoms with Crippen LogP contribution in [0.2, 0.25) is 0 Å². The van der Waals surface area contributed by atoms with Gasteiger partial charge in [-0.25, -0.2) is 0 Å². The fourth-order valence-corrected chi connectivity index (χ4v) is 2.34. The van der Waals surface area contributed by atoms with Gasteiger partial charge in [0.1, 0.15) is 0 Å². The first-order chi connectivity index (χ1) is 10.3. The molecule has 1 aromatic carbocycles. The Morgan fingerprint density at radius 2 is 2.24 bits per heavy atom. The SMILES string of the molecule is COCCc1noc([C@H](N)Cc2c[nH]c3ccccc23)n1. The highest BCUT2D eigenvalue weighted by molar-refractivity contribution is 5.83. The molecule has 0 radical (unpaired) electrons. The van der Waals surface area contributed by atoms with Gasteiger partial charge in [-0.05, 0) is 18.1 Å². The molecule has 2 aromatic heterocycles. The van der Waals surface area contributed by atoms with Crippen LogP contribution in [0.1, 0.15) is 23.3 Å². The zero-order chi connectivity index (χ0) is 14.7. The molecular weight excluding hydrogens is 268 g/mol. The average molecular weight is 286 g/mol. The summed E-state index contributed by atoms with van der Waals surface area (Å²) in [5, 5.41) is 5.09. The summed E-state index contributed by atoms with van der Waals surface area (Å²) in [5.41, 5.74) is 8.43. The topological polar surface area (TPSA) is 90.0 Å². The summed E-state index contributed by atoms with van der Waals surface area (Å²) in [6.07, 6.45) is 3.25. The minimum atomic E-state index is -0.312. The molecule has 21 heavy (non-hydrogen) atoms. The van der Waals surface area contributed by atoms with E-state index in [4.69, 9.17) is 15.0 Å². The number of aromatic nitrogens is 3. The first-order valence-corrected chi connectivity index (χ1v) is 6.90. The Bertz CT molecular complexity index is 719. The lowest BCUT2D eigenvalue weighted by Crippen LogP contribution is -2.13. The number of H-pyrrole nitrogens is 1. The molecule has 2 heterocycles. The number of benzene rings is 1. The van der Waals surface area contributed by atoms with Crippen molar-refractivity contribution in [1.82, 2.24) is 15.1 Å². The first-order valence-electron chi connectivity index (χ1n) is 6.90. The molecule has 6 nitrogen and oxygen atoms in total. The van der Waals surface area contributed by atoms with Gasteiger partial charge in [-0.15, -0.1) is 0 Å². The number of aromatic amines is 1. The zero-order valence-corrected chi connectivity index (χ0v) is 11.9. The van der Waals surface area contributed by atoms with E-state index in [9.17, 15) is 0 Å². The van der Waals surface area contributed by atoms with Gasteiger partial charge in [0, 0.05) is 30.6 Å². The van der Waals surface area contributed by atoms with Crippen molar-refractivity contribution in [2.45, 2.75) is 18.9 Å². The third-order valence-corrected chi connectivity index (χ3v) is 3.45. The summed E-state index contributed by atoms with van der Waals surface area (Å²) in [6.45, 7) is 0.566. The van der Waals surface area contributed by atoms with Crippen molar-refractivity contribution in [3.63, 3.8) is 0 Å². The Balaban J connectivity index is 1.73. The van der Waals surface area contributed by atoms with Crippen molar-refractivity contribution < 1.29 is 9.26 Å². The van der Waals surface area contributed by atoms with Gasteiger partial charge in [-0.2, -0.15) is 4.98 Å². The summed E-state index contributed by atoms with van der Waals surface area (Å²) in [4.78, 5) is 7.55. The van der Waals surface area contributed by atoms with Crippen molar-refractivity contribution in [2.75, 3.05) is 13.7 Å². The molecule has 0 saturated carbocycles. The lowest BCUT2D eigenvalue weighted by molar-refractivity contribution is 0.199. The minimum Gasteiger partial charge on any atom is -0.384 e. The molecule has 0 aliphatic carbocycles. The van der Waals surface area contributed by atoms with Crippen LogP contribution in [-0.2, 0) is 17.6 Å². The van der Waals surface area contributed by atoms with Crippen molar-refractivity contribution in [3.05, 3.63) is 47.7 Å². The standard InChI is InChI=1S/C15H18N4O2/c1-20-7-6-14-18-15(21-19-14)12(16)8-10-9-17-13-5-3-2-4-11(10)13/h2-5,9,12,17H,6-8,16H2,1H3/t12-/m1/s1. The van der Waals surface area contributed by atoms with Gasteiger partial charge < -0.3 is 20.0 Å². The number of para-hydroxylation sites is 1. The molecular formula is C15H18N4O2. The van der Waals surface area contributed by atoms with Gasteiger partial charge in [0.05, 0.1) is 12.6 Å². The molecule has 0 unspecified atom stereocenters. The molecule has 110 valence electrons. The van der Waals surface area contributed by atoms with Crippen LogP contribution in [0.15, 0.2) is 35.0 Å². The average Bonchev–Trinajstić information content (AvgIpc) is 3.13. The maximum absolute atomic E-state index is 6.18. The van der Waals surface area contributed by atoms with E-state index in [1.165, 1.54) is 5.39 Å². The Morgan fingerprint density at radius 1 is 1.38 bits per heavy atom. The van der Waals surface area contributed by atoms with E-state index >= 15 is 0 Å². The third kappa shape index (κ3) is 2.96. The lowest BCUT2D eigenvalue weighted by Gasteiger charge is -2.05. The van der Waals surface area contributed by atoms with Crippen LogP contribution >= 0.6 is 0 Å². The van der Waals surface area contributed by atoms with Crippen LogP contribution in [0, 0.1) is 0 Å². The summed E-state index contributed by atoms with van der Waals surface area (Å²) in [5.74, 6) is 1.09. The van der Waals surface area contributed by atoms with Crippen LogP contribution in [0.5, 0.6) is 0 Å². The van der Waals surface area contributed by atoms with Gasteiger partial charge in [0.25, 0.3) is 0 Å². The maximum Gasteiger partial charge on any atom is 0.243 e. The molecule has 3 aromatic rings. The maximum atomic E-state index is 6.18. The van der Waals surface area contributed by atoms with E-state index in [-0.39, 0.29) is 6.04 Å². The Labute approximate surface area is 122 Å². The number of nitrogens with two attached hydrogens (primary N) is 1. The highest BCUT2D eigenvalue weighted by Gasteiger charge is 2.17. The fraction of sp³-hybridized carbons (Fsp3) is 0.333. The van der Waals surface area contributed by atoms with Gasteiger partial charge in [-0.3, -0.25) is 0 Å². The quantitative estimate of drug-likeness (QED) is 0.723. The van der Waals surface area contributed by atoms with Crippen LogP contribution in [-0.4, -0.2) is 28.8 Å². The number of rotatable bonds is 6. The monoisotopic (exact) mass is 286 g/mol. The minimum absolute atomic E-state index is 0.312. The fourth-order valence-electron chi connectivity index (χ4n) is 2.34. The van der Waals surface area contributed by atoms with E-state index in [0.29, 0.717) is 31.2 Å². The van der Waals surface area contributed by atoms with Crippen molar-refractivity contribution in [2.24, 2.45) is 5.73 Å². The third-order valence-electron chi connectivity index (χ3n) is 3.45. The second kappa shape index (κ2) is 6.07. The number of hydrogen-bond acceptors (Lipinski definition) is 5. The van der Waals surface area contributed by atoms with Crippen LogP contribution < -0.4 is 5.73 Å². The van der Waals surface area contributed by atoms with Crippen LogP contribution in [0.4, 0.5) is 0 Å². The molecule has 0 aliphatic heterocycles. The molecule has 0 fully saturated rings. The predicted molar refractivity (Wildman–Crippen MR) is 78.8 cm³/mol. The number of nitrogens with one attached hydrogen (secondary N) is 1. The Morgan fingerprint density at radius 3 is 3.10 bits per heavy atom. The highest BCUT2D eigenvalue weighted by Crippen LogP contribution is 2.22. The van der Waals surface area contributed by atoms with Crippen molar-refractivity contribution >= 4 is 10.9 Å². The molecule has 0 saturated heterocycles. The van der Waals surface area contributed by atoms with Gasteiger partial charge in [0.2, 0.25) is 5.89 Å². The van der Waals surface area contributed by atoms with Gasteiger partial charge in [0.15, 0.2) is 5.82 Å². The lowest BCUT2D eigenvalue weighted by atomic mass is 10.1. The second-order valence-electron chi connectivity index (χ2n) is 4.96. The predicted octanol–water partition coefficient (Wildman–Crippen LogP) is 1.98. The number of hydrogen-bond donors (Lipinski definition) is 2. The molecule has 1 atom stereocenters. The van der Waals surface area contributed by atoms with E-state index < -0.39 is 0 Å². The Hall–Kier alpha value is -2.18. The number of nitrogens with zero attached hydrogens (tertiary/aromatic N) is 2. The van der Waals surface area contributed by atoms with E-state index in [1.54, 1.807) is 7.11 Å².